The zero-order valence-corrected chi connectivity index (χ0v) is 13.1. The van der Waals surface area contributed by atoms with Gasteiger partial charge in [0.05, 0.1) is 6.42 Å². The van der Waals surface area contributed by atoms with Crippen LogP contribution in [0.5, 0.6) is 0 Å². The maximum Gasteiger partial charge on any atom is 0.321 e. The number of amides is 3. The lowest BCUT2D eigenvalue weighted by Crippen LogP contribution is -2.27. The molecule has 0 atom stereocenters. The van der Waals surface area contributed by atoms with Gasteiger partial charge in [-0.25, -0.2) is 4.79 Å². The molecule has 1 aliphatic heterocycles. The molecule has 3 rings (SSSR count). The molecule has 3 amide bonds. The van der Waals surface area contributed by atoms with Crippen LogP contribution in [-0.4, -0.2) is 25.0 Å². The van der Waals surface area contributed by atoms with Crippen molar-refractivity contribution in [1.82, 2.24) is 5.32 Å². The van der Waals surface area contributed by atoms with Crippen molar-refractivity contribution >= 4 is 34.9 Å². The Labute approximate surface area is 139 Å². The quantitative estimate of drug-likeness (QED) is 0.905. The lowest BCUT2D eigenvalue weighted by Gasteiger charge is -2.15. The van der Waals surface area contributed by atoms with Crippen LogP contribution in [0.4, 0.5) is 16.2 Å². The number of halogens is 1. The normalized spacial score (nSPS) is 13.8. The van der Waals surface area contributed by atoms with Crippen LogP contribution in [0.3, 0.4) is 0 Å². The first-order valence-electron chi connectivity index (χ1n) is 7.31. The first-order chi connectivity index (χ1) is 11.1. The molecule has 1 fully saturated rings. The van der Waals surface area contributed by atoms with Crippen molar-refractivity contribution in [3.05, 3.63) is 59.1 Å². The zero-order valence-electron chi connectivity index (χ0n) is 12.4. The predicted octanol–water partition coefficient (Wildman–Crippen LogP) is 3.05. The number of rotatable bonds is 4. The van der Waals surface area contributed by atoms with Gasteiger partial charge in [-0.3, -0.25) is 9.69 Å². The molecule has 0 bridgehead atoms. The van der Waals surface area contributed by atoms with E-state index in [1.54, 1.807) is 29.2 Å². The van der Waals surface area contributed by atoms with Crippen LogP contribution in [0.1, 0.15) is 5.56 Å². The smallest absolute Gasteiger partial charge is 0.321 e. The van der Waals surface area contributed by atoms with Crippen LogP contribution in [0, 0.1) is 0 Å². The van der Waals surface area contributed by atoms with Gasteiger partial charge in [0.2, 0.25) is 5.91 Å². The van der Waals surface area contributed by atoms with Gasteiger partial charge in [0, 0.05) is 29.5 Å². The molecule has 118 valence electrons. The van der Waals surface area contributed by atoms with E-state index in [0.717, 1.165) is 11.3 Å². The van der Waals surface area contributed by atoms with E-state index in [9.17, 15) is 9.59 Å². The summed E-state index contributed by atoms with van der Waals surface area (Å²) in [5, 5.41) is 6.25. The molecule has 0 aromatic heterocycles. The second-order valence-corrected chi connectivity index (χ2v) is 5.72. The number of anilines is 2. The molecule has 1 saturated heterocycles. The summed E-state index contributed by atoms with van der Waals surface area (Å²) in [5.74, 6) is -0.115. The lowest BCUT2D eigenvalue weighted by molar-refractivity contribution is -0.115. The van der Waals surface area contributed by atoms with E-state index < -0.39 is 0 Å². The van der Waals surface area contributed by atoms with Crippen LogP contribution in [0.2, 0.25) is 5.02 Å². The SMILES string of the molecule is O=C(Cc1ccc(Cl)cc1)Nc1cccc(N2CCNC2=O)c1. The van der Waals surface area contributed by atoms with Crippen molar-refractivity contribution in [3.8, 4) is 0 Å². The minimum atomic E-state index is -0.116. The minimum Gasteiger partial charge on any atom is -0.336 e. The topological polar surface area (TPSA) is 61.4 Å². The predicted molar refractivity (Wildman–Crippen MR) is 91.0 cm³/mol. The van der Waals surface area contributed by atoms with E-state index >= 15 is 0 Å². The molecule has 2 N–H and O–H groups in total. The summed E-state index contributed by atoms with van der Waals surface area (Å²) in [6.45, 7) is 1.26. The number of benzene rings is 2. The number of hydrogen-bond donors (Lipinski definition) is 2. The molecular weight excluding hydrogens is 314 g/mol. The third kappa shape index (κ3) is 3.81. The molecule has 0 unspecified atom stereocenters. The van der Waals surface area contributed by atoms with Crippen LogP contribution in [0.25, 0.3) is 0 Å². The number of hydrogen-bond acceptors (Lipinski definition) is 2. The minimum absolute atomic E-state index is 0.115. The number of carbonyl (C=O) groups excluding carboxylic acids is 2. The zero-order chi connectivity index (χ0) is 16.2. The molecule has 5 nitrogen and oxygen atoms in total. The van der Waals surface area contributed by atoms with Gasteiger partial charge in [0.1, 0.15) is 0 Å². The first-order valence-corrected chi connectivity index (χ1v) is 7.69. The highest BCUT2D eigenvalue weighted by molar-refractivity contribution is 6.30. The van der Waals surface area contributed by atoms with Gasteiger partial charge in [-0.05, 0) is 35.9 Å². The first kappa shape index (κ1) is 15.4. The fraction of sp³-hybridized carbons (Fsp3) is 0.176. The highest BCUT2D eigenvalue weighted by atomic mass is 35.5. The lowest BCUT2D eigenvalue weighted by atomic mass is 10.1. The Morgan fingerprint density at radius 2 is 2.00 bits per heavy atom. The van der Waals surface area contributed by atoms with Gasteiger partial charge < -0.3 is 10.6 Å². The fourth-order valence-corrected chi connectivity index (χ4v) is 2.59. The van der Waals surface area contributed by atoms with E-state index in [4.69, 9.17) is 11.6 Å². The molecule has 0 spiro atoms. The number of nitrogens with one attached hydrogen (secondary N) is 2. The van der Waals surface area contributed by atoms with Gasteiger partial charge in [0.15, 0.2) is 0 Å². The molecule has 2 aromatic rings. The van der Waals surface area contributed by atoms with Crippen molar-refractivity contribution in [2.75, 3.05) is 23.3 Å². The molecular formula is C17H16ClN3O2. The highest BCUT2D eigenvalue weighted by Gasteiger charge is 2.21. The van der Waals surface area contributed by atoms with Crippen LogP contribution in [0.15, 0.2) is 48.5 Å². The average molecular weight is 330 g/mol. The Bertz CT molecular complexity index is 731. The molecule has 1 aliphatic rings. The van der Waals surface area contributed by atoms with Gasteiger partial charge in [0.25, 0.3) is 0 Å². The van der Waals surface area contributed by atoms with Crippen molar-refractivity contribution in [1.29, 1.82) is 0 Å². The summed E-state index contributed by atoms with van der Waals surface area (Å²) in [5.41, 5.74) is 2.33. The van der Waals surface area contributed by atoms with E-state index in [-0.39, 0.29) is 18.4 Å². The number of carbonyl (C=O) groups is 2. The van der Waals surface area contributed by atoms with E-state index in [2.05, 4.69) is 10.6 Å². The van der Waals surface area contributed by atoms with Crippen molar-refractivity contribution < 1.29 is 9.59 Å². The van der Waals surface area contributed by atoms with Crippen LogP contribution in [-0.2, 0) is 11.2 Å². The summed E-state index contributed by atoms with van der Waals surface area (Å²) < 4.78 is 0. The second kappa shape index (κ2) is 6.71. The van der Waals surface area contributed by atoms with E-state index in [1.807, 2.05) is 24.3 Å². The third-order valence-corrected chi connectivity index (χ3v) is 3.83. The van der Waals surface area contributed by atoms with Crippen molar-refractivity contribution in [2.24, 2.45) is 0 Å². The van der Waals surface area contributed by atoms with Crippen molar-refractivity contribution in [3.63, 3.8) is 0 Å². The van der Waals surface area contributed by atoms with Crippen molar-refractivity contribution in [2.45, 2.75) is 6.42 Å². The Balaban J connectivity index is 1.66. The Hall–Kier alpha value is -2.53. The van der Waals surface area contributed by atoms with Gasteiger partial charge >= 0.3 is 6.03 Å². The molecule has 2 aromatic carbocycles. The Morgan fingerprint density at radius 1 is 1.22 bits per heavy atom. The molecule has 0 aliphatic carbocycles. The standard InChI is InChI=1S/C17H16ClN3O2/c18-13-6-4-12(5-7-13)10-16(22)20-14-2-1-3-15(11-14)21-9-8-19-17(21)23/h1-7,11H,8-10H2,(H,19,23)(H,20,22). The monoisotopic (exact) mass is 329 g/mol. The molecule has 6 heteroatoms. The maximum absolute atomic E-state index is 12.1. The summed E-state index contributed by atoms with van der Waals surface area (Å²) in [7, 11) is 0. The summed E-state index contributed by atoms with van der Waals surface area (Å²) in [4.78, 5) is 25.5. The summed E-state index contributed by atoms with van der Waals surface area (Å²) in [6.07, 6.45) is 0.269. The van der Waals surface area contributed by atoms with E-state index in [1.165, 1.54) is 0 Å². The summed E-state index contributed by atoms with van der Waals surface area (Å²) in [6, 6.07) is 14.3. The maximum atomic E-state index is 12.1. The third-order valence-electron chi connectivity index (χ3n) is 3.58. The second-order valence-electron chi connectivity index (χ2n) is 5.29. The van der Waals surface area contributed by atoms with Crippen LogP contribution >= 0.6 is 11.6 Å². The van der Waals surface area contributed by atoms with Gasteiger partial charge in [-0.1, -0.05) is 29.8 Å². The highest BCUT2D eigenvalue weighted by Crippen LogP contribution is 2.21. The number of nitrogens with zero attached hydrogens (tertiary/aromatic N) is 1. The molecule has 0 radical (unpaired) electrons. The number of urea groups is 1. The fourth-order valence-electron chi connectivity index (χ4n) is 2.46. The molecule has 1 heterocycles. The Kier molecular flexibility index (Phi) is 4.48. The van der Waals surface area contributed by atoms with E-state index in [0.29, 0.717) is 23.8 Å². The summed E-state index contributed by atoms with van der Waals surface area (Å²) >= 11 is 5.83. The Morgan fingerprint density at radius 3 is 2.70 bits per heavy atom. The van der Waals surface area contributed by atoms with Gasteiger partial charge in [-0.15, -0.1) is 0 Å². The molecule has 0 saturated carbocycles. The largest absolute Gasteiger partial charge is 0.336 e. The van der Waals surface area contributed by atoms with Gasteiger partial charge in [-0.2, -0.15) is 0 Å². The average Bonchev–Trinajstić information content (AvgIpc) is 2.96. The van der Waals surface area contributed by atoms with Crippen LogP contribution < -0.4 is 15.5 Å². The molecule has 23 heavy (non-hydrogen) atoms.